The van der Waals surface area contributed by atoms with Crippen molar-refractivity contribution in [2.24, 2.45) is 0 Å². The van der Waals surface area contributed by atoms with Crippen molar-refractivity contribution in [1.82, 2.24) is 0 Å². The molecule has 0 saturated heterocycles. The van der Waals surface area contributed by atoms with Crippen molar-refractivity contribution in [3.63, 3.8) is 0 Å². The van der Waals surface area contributed by atoms with Crippen molar-refractivity contribution in [3.8, 4) is 11.5 Å². The Morgan fingerprint density at radius 3 is 2.29 bits per heavy atom. The van der Waals surface area contributed by atoms with Crippen molar-refractivity contribution >= 4 is 11.7 Å². The van der Waals surface area contributed by atoms with Gasteiger partial charge in [0.25, 0.3) is 0 Å². The lowest BCUT2D eigenvalue weighted by molar-refractivity contribution is 0.0697. The van der Waals surface area contributed by atoms with Gasteiger partial charge in [0.15, 0.2) is 0 Å². The second kappa shape index (κ2) is 6.65. The van der Waals surface area contributed by atoms with Crippen LogP contribution in [0.4, 0.5) is 5.69 Å². The average molecular weight is 287 g/mol. The number of aromatic carboxylic acids is 1. The lowest BCUT2D eigenvalue weighted by Gasteiger charge is -2.19. The van der Waals surface area contributed by atoms with Crippen LogP contribution >= 0.6 is 0 Å². The van der Waals surface area contributed by atoms with E-state index in [1.807, 2.05) is 24.1 Å². The first-order valence-electron chi connectivity index (χ1n) is 6.52. The molecule has 0 spiro atoms. The highest BCUT2D eigenvalue weighted by Crippen LogP contribution is 2.17. The molecule has 0 atom stereocenters. The lowest BCUT2D eigenvalue weighted by atomic mass is 10.2. The van der Waals surface area contributed by atoms with E-state index in [-0.39, 0.29) is 11.3 Å². The van der Waals surface area contributed by atoms with Gasteiger partial charge in [-0.2, -0.15) is 0 Å². The summed E-state index contributed by atoms with van der Waals surface area (Å²) in [4.78, 5) is 12.7. The third kappa shape index (κ3) is 4.14. The molecular weight excluding hydrogens is 270 g/mol. The minimum Gasteiger partial charge on any atom is -0.508 e. The Labute approximate surface area is 123 Å². The molecular formula is C16H17NO4. The second-order valence-corrected chi connectivity index (χ2v) is 4.62. The molecule has 21 heavy (non-hydrogen) atoms. The fourth-order valence-corrected chi connectivity index (χ4v) is 1.83. The molecule has 0 radical (unpaired) electrons. The van der Waals surface area contributed by atoms with Crippen molar-refractivity contribution in [3.05, 3.63) is 54.1 Å². The highest BCUT2D eigenvalue weighted by molar-refractivity contribution is 5.87. The molecule has 110 valence electrons. The van der Waals surface area contributed by atoms with E-state index in [1.165, 1.54) is 12.1 Å². The summed E-state index contributed by atoms with van der Waals surface area (Å²) in [5.41, 5.74) is 1.22. The fourth-order valence-electron chi connectivity index (χ4n) is 1.83. The van der Waals surface area contributed by atoms with Gasteiger partial charge in [0, 0.05) is 12.7 Å². The van der Waals surface area contributed by atoms with E-state index in [0.29, 0.717) is 18.9 Å². The summed E-state index contributed by atoms with van der Waals surface area (Å²) < 4.78 is 5.57. The van der Waals surface area contributed by atoms with Gasteiger partial charge >= 0.3 is 5.97 Å². The molecule has 0 aliphatic carbocycles. The van der Waals surface area contributed by atoms with Gasteiger partial charge in [0.2, 0.25) is 0 Å². The van der Waals surface area contributed by atoms with Crippen molar-refractivity contribution in [2.75, 3.05) is 25.1 Å². The van der Waals surface area contributed by atoms with Crippen LogP contribution in [-0.4, -0.2) is 36.4 Å². The fraction of sp³-hybridized carbons (Fsp3) is 0.188. The summed E-state index contributed by atoms with van der Waals surface area (Å²) in [6.07, 6.45) is 0. The number of phenols is 1. The molecule has 2 aromatic carbocycles. The van der Waals surface area contributed by atoms with Crippen LogP contribution in [0.15, 0.2) is 48.5 Å². The van der Waals surface area contributed by atoms with Crippen molar-refractivity contribution in [2.45, 2.75) is 0 Å². The number of carbonyl (C=O) groups is 1. The normalized spacial score (nSPS) is 10.1. The van der Waals surface area contributed by atoms with Crippen LogP contribution < -0.4 is 9.64 Å². The molecule has 2 rings (SSSR count). The monoisotopic (exact) mass is 287 g/mol. The Morgan fingerprint density at radius 1 is 1.10 bits per heavy atom. The van der Waals surface area contributed by atoms with Gasteiger partial charge in [-0.3, -0.25) is 0 Å². The number of hydrogen-bond donors (Lipinski definition) is 2. The van der Waals surface area contributed by atoms with Gasteiger partial charge < -0.3 is 19.8 Å². The maximum atomic E-state index is 10.7. The summed E-state index contributed by atoms with van der Waals surface area (Å²) in [5, 5.41) is 18.0. The zero-order valence-corrected chi connectivity index (χ0v) is 11.7. The largest absolute Gasteiger partial charge is 0.508 e. The Hall–Kier alpha value is -2.69. The summed E-state index contributed by atoms with van der Waals surface area (Å²) in [5.74, 6) is -0.0744. The second-order valence-electron chi connectivity index (χ2n) is 4.62. The third-order valence-corrected chi connectivity index (χ3v) is 3.09. The van der Waals surface area contributed by atoms with Crippen LogP contribution in [-0.2, 0) is 0 Å². The number of anilines is 1. The first kappa shape index (κ1) is 14.7. The van der Waals surface area contributed by atoms with Crippen LogP contribution in [0.3, 0.4) is 0 Å². The Bertz CT molecular complexity index is 593. The summed E-state index contributed by atoms with van der Waals surface area (Å²) >= 11 is 0. The Balaban J connectivity index is 1.83. The van der Waals surface area contributed by atoms with E-state index in [1.54, 1.807) is 24.3 Å². The van der Waals surface area contributed by atoms with Crippen LogP contribution in [0.25, 0.3) is 0 Å². The number of carboxylic acid groups (broad SMARTS) is 1. The van der Waals surface area contributed by atoms with Crippen LogP contribution in [0.2, 0.25) is 0 Å². The minimum absolute atomic E-state index is 0.238. The van der Waals surface area contributed by atoms with E-state index in [2.05, 4.69) is 0 Å². The smallest absolute Gasteiger partial charge is 0.335 e. The summed E-state index contributed by atoms with van der Waals surface area (Å²) in [6, 6.07) is 13.2. The number of phenolic OH excluding ortho intramolecular Hbond substituents is 1. The van der Waals surface area contributed by atoms with Crippen LogP contribution in [0.1, 0.15) is 10.4 Å². The van der Waals surface area contributed by atoms with Gasteiger partial charge in [-0.25, -0.2) is 4.79 Å². The molecule has 0 aliphatic heterocycles. The number of rotatable bonds is 6. The molecule has 0 bridgehead atoms. The molecule has 0 fully saturated rings. The predicted octanol–water partition coefficient (Wildman–Crippen LogP) is 2.61. The van der Waals surface area contributed by atoms with Gasteiger partial charge in [-0.05, 0) is 48.5 Å². The average Bonchev–Trinajstić information content (AvgIpc) is 2.48. The number of nitrogens with zero attached hydrogens (tertiary/aromatic N) is 1. The number of aromatic hydroxyl groups is 1. The minimum atomic E-state index is -0.950. The summed E-state index contributed by atoms with van der Waals surface area (Å²) in [7, 11) is 1.93. The van der Waals surface area contributed by atoms with Crippen LogP contribution in [0.5, 0.6) is 11.5 Å². The Morgan fingerprint density at radius 2 is 1.71 bits per heavy atom. The van der Waals surface area contributed by atoms with E-state index >= 15 is 0 Å². The van der Waals surface area contributed by atoms with E-state index in [9.17, 15) is 9.90 Å². The lowest BCUT2D eigenvalue weighted by Crippen LogP contribution is -2.23. The van der Waals surface area contributed by atoms with E-state index in [4.69, 9.17) is 9.84 Å². The molecule has 0 heterocycles. The number of benzene rings is 2. The molecule has 0 amide bonds. The summed E-state index contributed by atoms with van der Waals surface area (Å²) in [6.45, 7) is 1.15. The Kier molecular flexibility index (Phi) is 4.66. The molecule has 5 heteroatoms. The quantitative estimate of drug-likeness (QED) is 0.854. The first-order chi connectivity index (χ1) is 10.1. The topological polar surface area (TPSA) is 70.0 Å². The van der Waals surface area contributed by atoms with Gasteiger partial charge in [-0.15, -0.1) is 0 Å². The van der Waals surface area contributed by atoms with E-state index < -0.39 is 5.97 Å². The van der Waals surface area contributed by atoms with Crippen molar-refractivity contribution in [1.29, 1.82) is 0 Å². The predicted molar refractivity (Wildman–Crippen MR) is 80.3 cm³/mol. The highest BCUT2D eigenvalue weighted by Gasteiger charge is 2.03. The molecule has 0 aliphatic rings. The molecule has 5 nitrogen and oxygen atoms in total. The maximum absolute atomic E-state index is 10.7. The molecule has 2 N–H and O–H groups in total. The van der Waals surface area contributed by atoms with Crippen molar-refractivity contribution < 1.29 is 19.7 Å². The van der Waals surface area contributed by atoms with Gasteiger partial charge in [-0.1, -0.05) is 0 Å². The molecule has 2 aromatic rings. The maximum Gasteiger partial charge on any atom is 0.335 e. The standard InChI is InChI=1S/C16H17NO4/c1-17(13-4-6-14(18)7-5-13)10-11-21-15-8-2-12(3-9-15)16(19)20/h2-9,18H,10-11H2,1H3,(H,19,20). The highest BCUT2D eigenvalue weighted by atomic mass is 16.5. The zero-order valence-electron chi connectivity index (χ0n) is 11.7. The van der Waals surface area contributed by atoms with Crippen LogP contribution in [0, 0.1) is 0 Å². The zero-order chi connectivity index (χ0) is 15.2. The third-order valence-electron chi connectivity index (χ3n) is 3.09. The first-order valence-corrected chi connectivity index (χ1v) is 6.52. The number of likely N-dealkylation sites (N-methyl/N-ethyl adjacent to an activating group) is 1. The number of ether oxygens (including phenoxy) is 1. The molecule has 0 saturated carbocycles. The number of hydrogen-bond acceptors (Lipinski definition) is 4. The van der Waals surface area contributed by atoms with Gasteiger partial charge in [0.05, 0.1) is 12.1 Å². The molecule has 0 aromatic heterocycles. The van der Waals surface area contributed by atoms with E-state index in [0.717, 1.165) is 5.69 Å². The molecule has 0 unspecified atom stereocenters. The number of carboxylic acids is 1. The SMILES string of the molecule is CN(CCOc1ccc(C(=O)O)cc1)c1ccc(O)cc1. The van der Waals surface area contributed by atoms with Gasteiger partial charge in [0.1, 0.15) is 18.1 Å².